The van der Waals surface area contributed by atoms with Crippen molar-refractivity contribution >= 4 is 11.3 Å². The number of aryl methyl sites for hydroxylation is 1. The van der Waals surface area contributed by atoms with Gasteiger partial charge in [-0.05, 0) is 0 Å². The normalized spacial score (nSPS) is 9.13. The van der Waals surface area contributed by atoms with E-state index in [0.29, 0.717) is 0 Å². The fourth-order valence-corrected chi connectivity index (χ4v) is 4.44. The molecule has 0 spiro atoms. The summed E-state index contributed by atoms with van der Waals surface area (Å²) in [6, 6.07) is 14.9. The van der Waals surface area contributed by atoms with Crippen molar-refractivity contribution in [2.75, 3.05) is 0 Å². The first-order valence-electron chi connectivity index (χ1n) is 3.93. The molecule has 0 unspecified atom stereocenters. The van der Waals surface area contributed by atoms with Crippen LogP contribution in [0.5, 0.6) is 0 Å². The van der Waals surface area contributed by atoms with Gasteiger partial charge in [0.2, 0.25) is 0 Å². The average molecular weight is 572 g/mol. The van der Waals surface area contributed by atoms with E-state index in [4.69, 9.17) is 0 Å². The van der Waals surface area contributed by atoms with Crippen LogP contribution in [0.4, 0.5) is 0 Å². The number of hydrogen-bond donors (Lipinski definition) is 0. The zero-order chi connectivity index (χ0) is 9.10. The Morgan fingerprint density at radius 2 is 1.93 bits per heavy atom. The minimum absolute atomic E-state index is 0. The first-order chi connectivity index (χ1) is 6.34. The SMILES string of the molecule is Cc1[c-]cc([I-]c2cccs2)c[c-]1.[W].[Y]. The van der Waals surface area contributed by atoms with Crippen LogP contribution >= 0.6 is 11.3 Å². The zero-order valence-corrected chi connectivity index (χ0v) is 16.9. The molecule has 0 atom stereocenters. The van der Waals surface area contributed by atoms with Crippen LogP contribution in [-0.4, -0.2) is 0 Å². The molecule has 2 aromatic rings. The number of hydrogen-bond acceptors (Lipinski definition) is 1. The van der Waals surface area contributed by atoms with Crippen molar-refractivity contribution < 1.29 is 75.0 Å². The van der Waals surface area contributed by atoms with E-state index in [9.17, 15) is 0 Å². The van der Waals surface area contributed by atoms with Gasteiger partial charge in [-0.2, -0.15) is 0 Å². The van der Waals surface area contributed by atoms with Crippen molar-refractivity contribution in [1.82, 2.24) is 0 Å². The van der Waals surface area contributed by atoms with Crippen molar-refractivity contribution in [2.24, 2.45) is 0 Å². The summed E-state index contributed by atoms with van der Waals surface area (Å²) >= 11 is 1.85. The summed E-state index contributed by atoms with van der Waals surface area (Å²) in [5.41, 5.74) is 1.10. The van der Waals surface area contributed by atoms with Crippen molar-refractivity contribution in [2.45, 2.75) is 6.92 Å². The van der Waals surface area contributed by atoms with Crippen molar-refractivity contribution in [3.63, 3.8) is 0 Å². The van der Waals surface area contributed by atoms with Crippen molar-refractivity contribution in [1.29, 1.82) is 0 Å². The molecular weight excluding hydrogens is 564 g/mol. The van der Waals surface area contributed by atoms with Gasteiger partial charge in [-0.3, -0.25) is 0 Å². The van der Waals surface area contributed by atoms with Gasteiger partial charge in [0.1, 0.15) is 0 Å². The Labute approximate surface area is 145 Å². The smallest absolute Gasteiger partial charge is 0 e. The molecule has 15 heavy (non-hydrogen) atoms. The van der Waals surface area contributed by atoms with Gasteiger partial charge in [0.05, 0.1) is 0 Å². The van der Waals surface area contributed by atoms with Crippen LogP contribution in [0.1, 0.15) is 5.56 Å². The summed E-state index contributed by atoms with van der Waals surface area (Å²) in [5, 5.41) is 2.14. The van der Waals surface area contributed by atoms with Gasteiger partial charge in [0, 0.05) is 53.8 Å². The summed E-state index contributed by atoms with van der Waals surface area (Å²) < 4.78 is 2.90. The van der Waals surface area contributed by atoms with E-state index >= 15 is 0 Å². The molecule has 0 aliphatic carbocycles. The van der Waals surface area contributed by atoms with Crippen LogP contribution in [0, 0.1) is 25.5 Å². The Kier molecular flexibility index (Phi) is 9.34. The van der Waals surface area contributed by atoms with Crippen LogP contribution in [0.2, 0.25) is 0 Å². The van der Waals surface area contributed by atoms with Crippen LogP contribution in [0.15, 0.2) is 29.6 Å². The summed E-state index contributed by atoms with van der Waals surface area (Å²) in [7, 11) is 0. The predicted molar refractivity (Wildman–Crippen MR) is 50.6 cm³/mol. The van der Waals surface area contributed by atoms with Crippen molar-refractivity contribution in [3.8, 4) is 0 Å². The number of benzene rings is 1. The Bertz CT molecular complexity index is 372. The second kappa shape index (κ2) is 8.52. The molecule has 0 nitrogen and oxygen atoms in total. The van der Waals surface area contributed by atoms with Gasteiger partial charge in [-0.25, -0.2) is 0 Å². The molecule has 2 rings (SSSR count). The summed E-state index contributed by atoms with van der Waals surface area (Å²) in [4.78, 5) is 0. The molecule has 0 saturated carbocycles. The molecule has 0 saturated heterocycles. The van der Waals surface area contributed by atoms with Crippen LogP contribution < -0.4 is 21.2 Å². The van der Waals surface area contributed by atoms with Crippen LogP contribution in [0.3, 0.4) is 0 Å². The second-order valence-electron chi connectivity index (χ2n) is 2.60. The monoisotopic (exact) mass is 572 g/mol. The molecule has 4 heteroatoms. The van der Waals surface area contributed by atoms with E-state index in [1.165, 1.54) is 6.45 Å². The molecule has 1 heterocycles. The molecule has 0 aliphatic heterocycles. The van der Waals surface area contributed by atoms with Gasteiger partial charge in [-0.1, -0.05) is 0 Å². The van der Waals surface area contributed by atoms with E-state index in [1.807, 2.05) is 18.3 Å². The fourth-order valence-electron chi connectivity index (χ4n) is 0.912. The molecule has 1 radical (unpaired) electrons. The van der Waals surface area contributed by atoms with Gasteiger partial charge in [-0.15, -0.1) is 0 Å². The fraction of sp³-hybridized carbons (Fsp3) is 0.0909. The molecule has 0 N–H and O–H groups in total. The van der Waals surface area contributed by atoms with E-state index in [-0.39, 0.29) is 75.0 Å². The van der Waals surface area contributed by atoms with Gasteiger partial charge in [0.25, 0.3) is 0 Å². The standard InChI is InChI=1S/C11H8IS.W.Y/c1-9-4-6-10(7-5-9)12-11-3-2-8-13-11;;/h2-3,6-8H,1H3;;/q-3;;. The van der Waals surface area contributed by atoms with Crippen molar-refractivity contribution in [3.05, 3.63) is 53.8 Å². The first-order valence-corrected chi connectivity index (χ1v) is 6.96. The number of halogens is 1. The van der Waals surface area contributed by atoms with Crippen LogP contribution in [-0.2, 0) is 53.8 Å². The van der Waals surface area contributed by atoms with E-state index in [0.717, 1.165) is 5.56 Å². The van der Waals surface area contributed by atoms with Crippen LogP contribution in [0.25, 0.3) is 0 Å². The Balaban J connectivity index is 0.000000980. The molecule has 0 amide bonds. The Hall–Kier alpha value is 1.44. The summed E-state index contributed by atoms with van der Waals surface area (Å²) in [6.07, 6.45) is 0. The molecular formula is C11H8ISWY-3. The molecule has 0 bridgehead atoms. The molecule has 77 valence electrons. The maximum atomic E-state index is 3.19. The number of thiophene rings is 1. The molecule has 0 aliphatic rings. The van der Waals surface area contributed by atoms with Gasteiger partial charge < -0.3 is 0 Å². The second-order valence-corrected chi connectivity index (χ2v) is 7.23. The maximum absolute atomic E-state index is 3.19. The average Bonchev–Trinajstić information content (AvgIpc) is 2.62. The zero-order valence-electron chi connectivity index (χ0n) is 8.16. The van der Waals surface area contributed by atoms with Gasteiger partial charge in [0.15, 0.2) is 0 Å². The summed E-state index contributed by atoms with van der Waals surface area (Å²) in [5.74, 6) is 0. The molecule has 1 aromatic carbocycles. The Morgan fingerprint density at radius 3 is 2.47 bits per heavy atom. The van der Waals surface area contributed by atoms with E-state index in [2.05, 4.69) is 41.8 Å². The Morgan fingerprint density at radius 1 is 1.27 bits per heavy atom. The maximum Gasteiger partial charge on any atom is 0 e. The third-order valence-electron chi connectivity index (χ3n) is 1.54. The summed E-state index contributed by atoms with van der Waals surface area (Å²) in [6.45, 7) is 2.02. The minimum Gasteiger partial charge on any atom is 0 e. The van der Waals surface area contributed by atoms with Gasteiger partial charge >= 0.3 is 93.3 Å². The molecule has 0 fully saturated rings. The first kappa shape index (κ1) is 16.4. The quantitative estimate of drug-likeness (QED) is 0.346. The number of rotatable bonds is 2. The third-order valence-corrected chi connectivity index (χ3v) is 5.61. The topological polar surface area (TPSA) is 0 Å². The largest absolute Gasteiger partial charge is 0 e. The van der Waals surface area contributed by atoms with E-state index in [1.54, 1.807) is 0 Å². The molecule has 1 aromatic heterocycles. The van der Waals surface area contributed by atoms with E-state index < -0.39 is 0 Å². The predicted octanol–water partition coefficient (Wildman–Crippen LogP) is -0.220. The third kappa shape index (κ3) is 5.54. The minimum atomic E-state index is 0.